The van der Waals surface area contributed by atoms with Crippen LogP contribution < -0.4 is 0 Å². The smallest absolute Gasteiger partial charge is 0.210 e. The maximum absolute atomic E-state index is 11.0. The molecule has 1 amide bonds. The molecule has 0 spiro atoms. The number of thioether (sulfide) groups is 1. The number of nitrogens with zero attached hydrogens (tertiary/aromatic N) is 2. The third kappa shape index (κ3) is 6.32. The van der Waals surface area contributed by atoms with E-state index in [1.165, 1.54) is 54.1 Å². The molecule has 1 aliphatic carbocycles. The summed E-state index contributed by atoms with van der Waals surface area (Å²) in [7, 11) is 0. The van der Waals surface area contributed by atoms with Crippen molar-refractivity contribution in [2.24, 2.45) is 11.8 Å². The lowest BCUT2D eigenvalue weighted by Crippen LogP contribution is -2.41. The number of hydrogen-bond acceptors (Lipinski definition) is 4. The molecule has 1 atom stereocenters. The molecule has 1 saturated heterocycles. The van der Waals surface area contributed by atoms with Crippen LogP contribution in [0, 0.1) is 11.8 Å². The molecule has 2 fully saturated rings. The summed E-state index contributed by atoms with van der Waals surface area (Å²) in [5.41, 5.74) is 1.29. The van der Waals surface area contributed by atoms with Crippen LogP contribution in [0.1, 0.15) is 39.0 Å². The zero-order valence-electron chi connectivity index (χ0n) is 18.1. The minimum atomic E-state index is 0.316. The van der Waals surface area contributed by atoms with Crippen LogP contribution >= 0.6 is 35.3 Å². The van der Waals surface area contributed by atoms with Crippen molar-refractivity contribution < 1.29 is 4.79 Å². The van der Waals surface area contributed by atoms with E-state index in [4.69, 9.17) is 11.6 Å². The Morgan fingerprint density at radius 3 is 2.40 bits per heavy atom. The predicted molar refractivity (Wildman–Crippen MR) is 132 cm³/mol. The standard InChI is InChI=1S/C12H16ClNS.C12H17NOS/c1-10-6-8-14(9-7-10)15-12-5-3-2-4-11(12)13;1-3-10-11(15-2)6-7-13(8-14)12(10)9-4-5-9/h2-5,10H,6-9H2,1H3;3,8-9,12H,1,4-7H2,2H3. The molecule has 0 radical (unpaired) electrons. The summed E-state index contributed by atoms with van der Waals surface area (Å²) in [5, 5.41) is 0.862. The van der Waals surface area contributed by atoms with Crippen molar-refractivity contribution in [1.82, 2.24) is 9.21 Å². The van der Waals surface area contributed by atoms with Crippen molar-refractivity contribution in [2.45, 2.75) is 50.0 Å². The molecule has 0 aromatic heterocycles. The number of piperidine rings is 1. The quantitative estimate of drug-likeness (QED) is 0.353. The van der Waals surface area contributed by atoms with Crippen LogP contribution in [0.15, 0.2) is 52.3 Å². The van der Waals surface area contributed by atoms with E-state index in [1.807, 2.05) is 29.2 Å². The highest BCUT2D eigenvalue weighted by molar-refractivity contribution is 8.02. The van der Waals surface area contributed by atoms with Gasteiger partial charge >= 0.3 is 0 Å². The molecule has 2 heterocycles. The van der Waals surface area contributed by atoms with Crippen LogP contribution in [0.2, 0.25) is 5.02 Å². The number of benzene rings is 1. The number of rotatable bonds is 6. The fourth-order valence-corrected chi connectivity index (χ4v) is 6.04. The van der Waals surface area contributed by atoms with Gasteiger partial charge in [-0.05, 0) is 84.8 Å². The van der Waals surface area contributed by atoms with Gasteiger partial charge in [-0.3, -0.25) is 4.79 Å². The van der Waals surface area contributed by atoms with Crippen LogP contribution in [0.25, 0.3) is 0 Å². The van der Waals surface area contributed by atoms with E-state index >= 15 is 0 Å². The average Bonchev–Trinajstić information content (AvgIpc) is 3.61. The zero-order chi connectivity index (χ0) is 21.5. The van der Waals surface area contributed by atoms with Gasteiger partial charge in [-0.25, -0.2) is 4.31 Å². The van der Waals surface area contributed by atoms with Crippen molar-refractivity contribution in [3.8, 4) is 0 Å². The predicted octanol–water partition coefficient (Wildman–Crippen LogP) is 6.51. The van der Waals surface area contributed by atoms with Crippen LogP contribution in [0.3, 0.4) is 0 Å². The Hall–Kier alpha value is -0.880. The first kappa shape index (κ1) is 23.8. The Balaban J connectivity index is 0.000000171. The van der Waals surface area contributed by atoms with Gasteiger partial charge < -0.3 is 4.90 Å². The third-order valence-corrected chi connectivity index (χ3v) is 8.62. The van der Waals surface area contributed by atoms with Crippen LogP contribution in [0.5, 0.6) is 0 Å². The molecule has 164 valence electrons. The van der Waals surface area contributed by atoms with E-state index in [0.29, 0.717) is 12.0 Å². The molecule has 6 heteroatoms. The maximum Gasteiger partial charge on any atom is 0.210 e. The third-order valence-electron chi connectivity index (χ3n) is 6.07. The first-order valence-electron chi connectivity index (χ1n) is 10.8. The van der Waals surface area contributed by atoms with Crippen molar-refractivity contribution in [3.05, 3.63) is 52.4 Å². The molecule has 1 unspecified atom stereocenters. The summed E-state index contributed by atoms with van der Waals surface area (Å²) in [6, 6.07) is 8.38. The summed E-state index contributed by atoms with van der Waals surface area (Å²) < 4.78 is 2.42. The number of carbonyl (C=O) groups excluding carboxylic acids is 1. The normalized spacial score (nSPS) is 23.0. The summed E-state index contributed by atoms with van der Waals surface area (Å²) in [6.07, 6.45) is 11.2. The number of amides is 1. The average molecular weight is 465 g/mol. The number of halogens is 1. The molecule has 4 rings (SSSR count). The van der Waals surface area contributed by atoms with Crippen molar-refractivity contribution >= 4 is 41.7 Å². The first-order chi connectivity index (χ1) is 14.6. The zero-order valence-corrected chi connectivity index (χ0v) is 20.4. The van der Waals surface area contributed by atoms with E-state index in [0.717, 1.165) is 30.3 Å². The molecule has 1 aromatic rings. The van der Waals surface area contributed by atoms with Crippen LogP contribution in [-0.2, 0) is 4.79 Å². The van der Waals surface area contributed by atoms with Crippen molar-refractivity contribution in [3.63, 3.8) is 0 Å². The van der Waals surface area contributed by atoms with Gasteiger partial charge in [0.1, 0.15) is 0 Å². The van der Waals surface area contributed by atoms with Crippen LogP contribution in [0.4, 0.5) is 0 Å². The molecule has 0 N–H and O–H groups in total. The Labute approximate surface area is 195 Å². The van der Waals surface area contributed by atoms with Gasteiger partial charge in [-0.15, -0.1) is 11.8 Å². The lowest BCUT2D eigenvalue weighted by Gasteiger charge is -2.35. The number of hydrogen-bond donors (Lipinski definition) is 0. The fraction of sp³-hybridized carbons (Fsp3) is 0.542. The van der Waals surface area contributed by atoms with Gasteiger partial charge in [-0.1, -0.05) is 43.3 Å². The van der Waals surface area contributed by atoms with Crippen molar-refractivity contribution in [2.75, 3.05) is 25.9 Å². The molecule has 3 aliphatic rings. The Morgan fingerprint density at radius 2 is 1.83 bits per heavy atom. The molecule has 3 nitrogen and oxygen atoms in total. The van der Waals surface area contributed by atoms with Gasteiger partial charge in [0.25, 0.3) is 0 Å². The largest absolute Gasteiger partial charge is 0.338 e. The summed E-state index contributed by atoms with van der Waals surface area (Å²) in [5.74, 6) is 1.57. The maximum atomic E-state index is 11.0. The Kier molecular flexibility index (Phi) is 9.24. The first-order valence-corrected chi connectivity index (χ1v) is 13.2. The second-order valence-corrected chi connectivity index (χ2v) is 10.7. The minimum absolute atomic E-state index is 0.316. The van der Waals surface area contributed by atoms with Gasteiger partial charge in [0, 0.05) is 24.5 Å². The summed E-state index contributed by atoms with van der Waals surface area (Å²) >= 11 is 9.72. The Bertz CT molecular complexity index is 757. The lowest BCUT2D eigenvalue weighted by molar-refractivity contribution is -0.120. The molecular weight excluding hydrogens is 432 g/mol. The van der Waals surface area contributed by atoms with Crippen LogP contribution in [-0.4, -0.2) is 47.5 Å². The van der Waals surface area contributed by atoms with Gasteiger partial charge in [-0.2, -0.15) is 0 Å². The highest BCUT2D eigenvalue weighted by Crippen LogP contribution is 2.43. The fourth-order valence-electron chi connectivity index (χ4n) is 4.10. The lowest BCUT2D eigenvalue weighted by atomic mass is 9.96. The van der Waals surface area contributed by atoms with Crippen molar-refractivity contribution in [1.29, 1.82) is 0 Å². The molecule has 30 heavy (non-hydrogen) atoms. The van der Waals surface area contributed by atoms with E-state index < -0.39 is 0 Å². The topological polar surface area (TPSA) is 23.6 Å². The SMILES string of the molecule is C=CC1=C(SC)CCN(C=O)C1C1CC1.CC1CCN(Sc2ccccc2Cl)CC1. The van der Waals surface area contributed by atoms with E-state index in [2.05, 4.69) is 30.1 Å². The minimum Gasteiger partial charge on any atom is -0.338 e. The van der Waals surface area contributed by atoms with Gasteiger partial charge in [0.05, 0.1) is 11.1 Å². The molecular formula is C24H33ClN2OS2. The highest BCUT2D eigenvalue weighted by atomic mass is 35.5. The van der Waals surface area contributed by atoms with E-state index in [-0.39, 0.29) is 0 Å². The van der Waals surface area contributed by atoms with Gasteiger partial charge in [0.15, 0.2) is 0 Å². The second-order valence-electron chi connectivity index (χ2n) is 8.30. The van der Waals surface area contributed by atoms with Gasteiger partial charge in [0.2, 0.25) is 6.41 Å². The molecule has 1 aromatic carbocycles. The number of carbonyl (C=O) groups is 1. The van der Waals surface area contributed by atoms with E-state index in [9.17, 15) is 4.79 Å². The summed E-state index contributed by atoms with van der Waals surface area (Å²) in [6.45, 7) is 9.46. The van der Waals surface area contributed by atoms with E-state index in [1.54, 1.807) is 23.7 Å². The molecule has 2 aliphatic heterocycles. The summed E-state index contributed by atoms with van der Waals surface area (Å²) in [4.78, 5) is 15.6. The highest BCUT2D eigenvalue weighted by Gasteiger charge is 2.39. The monoisotopic (exact) mass is 464 g/mol. The molecule has 0 bridgehead atoms. The molecule has 1 saturated carbocycles. The second kappa shape index (κ2) is 11.7. The Morgan fingerprint density at radius 1 is 1.13 bits per heavy atom.